The molecule has 2 heterocycles. The second-order valence-electron chi connectivity index (χ2n) is 8.46. The number of thioether (sulfide) groups is 1. The number of carbonyl (C=O) groups excluding carboxylic acids is 1. The van der Waals surface area contributed by atoms with Crippen molar-refractivity contribution >= 4 is 29.3 Å². The van der Waals surface area contributed by atoms with Crippen LogP contribution >= 0.6 is 23.4 Å². The quantitative estimate of drug-likeness (QED) is 0.452. The zero-order valence-electron chi connectivity index (χ0n) is 19.0. The summed E-state index contributed by atoms with van der Waals surface area (Å²) in [6, 6.07) is 15.4. The minimum Gasteiger partial charge on any atom is -0.496 e. The fourth-order valence-electron chi connectivity index (χ4n) is 4.81. The maximum atomic E-state index is 13.3. The van der Waals surface area contributed by atoms with E-state index in [0.717, 1.165) is 30.5 Å². The van der Waals surface area contributed by atoms with Gasteiger partial charge in [0, 0.05) is 17.3 Å². The number of hydrogen-bond acceptors (Lipinski definition) is 6. The van der Waals surface area contributed by atoms with Crippen molar-refractivity contribution in [3.8, 4) is 22.8 Å². The predicted octanol–water partition coefficient (Wildman–Crippen LogP) is 4.86. The maximum Gasteiger partial charge on any atom is 0.233 e. The standard InChI is InChI=1S/C25H27ClN4O3S/c1-32-21-8-4-2-6-19(21)24-27-28-25(30(24)18-12-10-17(26)11-13-18)34-16-23(31)29-14-15-33-22-9-5-3-7-20(22)29/h2,4,6,8,10-13,20,22H,3,5,7,9,14-16H2,1H3. The van der Waals surface area contributed by atoms with Gasteiger partial charge in [-0.1, -0.05) is 48.3 Å². The van der Waals surface area contributed by atoms with Crippen LogP contribution in [-0.4, -0.2) is 63.7 Å². The molecule has 2 atom stereocenters. The van der Waals surface area contributed by atoms with E-state index < -0.39 is 0 Å². The van der Waals surface area contributed by atoms with Crippen LogP contribution in [0.1, 0.15) is 25.7 Å². The van der Waals surface area contributed by atoms with Gasteiger partial charge < -0.3 is 14.4 Å². The molecule has 9 heteroatoms. The van der Waals surface area contributed by atoms with Gasteiger partial charge in [0.25, 0.3) is 0 Å². The molecule has 7 nitrogen and oxygen atoms in total. The summed E-state index contributed by atoms with van der Waals surface area (Å²) < 4.78 is 13.5. The molecule has 2 fully saturated rings. The number of halogens is 1. The van der Waals surface area contributed by atoms with Crippen LogP contribution in [0.3, 0.4) is 0 Å². The van der Waals surface area contributed by atoms with Crippen molar-refractivity contribution in [2.75, 3.05) is 26.0 Å². The number of para-hydroxylation sites is 1. The summed E-state index contributed by atoms with van der Waals surface area (Å²) in [6.07, 6.45) is 4.54. The first kappa shape index (κ1) is 23.2. The van der Waals surface area contributed by atoms with Crippen LogP contribution < -0.4 is 4.74 Å². The Morgan fingerprint density at radius 1 is 1.15 bits per heavy atom. The molecular formula is C25H27ClN4O3S. The van der Waals surface area contributed by atoms with Crippen LogP contribution in [0, 0.1) is 0 Å². The van der Waals surface area contributed by atoms with E-state index >= 15 is 0 Å². The van der Waals surface area contributed by atoms with Crippen molar-refractivity contribution in [2.24, 2.45) is 0 Å². The van der Waals surface area contributed by atoms with Crippen molar-refractivity contribution < 1.29 is 14.3 Å². The Labute approximate surface area is 208 Å². The van der Waals surface area contributed by atoms with Gasteiger partial charge in [-0.25, -0.2) is 0 Å². The largest absolute Gasteiger partial charge is 0.496 e. The lowest BCUT2D eigenvalue weighted by Crippen LogP contribution is -2.55. The highest BCUT2D eigenvalue weighted by molar-refractivity contribution is 7.99. The number of fused-ring (bicyclic) bond motifs is 1. The van der Waals surface area contributed by atoms with Gasteiger partial charge >= 0.3 is 0 Å². The first-order valence-electron chi connectivity index (χ1n) is 11.5. The van der Waals surface area contributed by atoms with Crippen molar-refractivity contribution in [3.05, 3.63) is 53.6 Å². The third-order valence-electron chi connectivity index (χ3n) is 6.44. The topological polar surface area (TPSA) is 69.5 Å². The van der Waals surface area contributed by atoms with Crippen LogP contribution in [0.5, 0.6) is 5.75 Å². The summed E-state index contributed by atoms with van der Waals surface area (Å²) in [5, 5.41) is 10.2. The Bertz CT molecular complexity index is 1150. The lowest BCUT2D eigenvalue weighted by molar-refractivity contribution is -0.146. The number of benzene rings is 2. The van der Waals surface area contributed by atoms with Crippen LogP contribution in [0.15, 0.2) is 53.7 Å². The third-order valence-corrected chi connectivity index (χ3v) is 7.61. The van der Waals surface area contributed by atoms with Crippen molar-refractivity contribution in [3.63, 3.8) is 0 Å². The number of nitrogens with zero attached hydrogens (tertiary/aromatic N) is 4. The van der Waals surface area contributed by atoms with Gasteiger partial charge in [0.05, 0.1) is 37.2 Å². The molecule has 0 spiro atoms. The van der Waals surface area contributed by atoms with Gasteiger partial charge in [-0.2, -0.15) is 0 Å². The SMILES string of the molecule is COc1ccccc1-c1nnc(SCC(=O)N2CCOC3CCCCC32)n1-c1ccc(Cl)cc1. The summed E-state index contributed by atoms with van der Waals surface area (Å²) in [4.78, 5) is 15.3. The van der Waals surface area contributed by atoms with E-state index in [1.807, 2.05) is 58.0 Å². The maximum absolute atomic E-state index is 13.3. The summed E-state index contributed by atoms with van der Waals surface area (Å²) in [5.41, 5.74) is 1.69. The van der Waals surface area contributed by atoms with Crippen molar-refractivity contribution in [1.82, 2.24) is 19.7 Å². The Hall–Kier alpha value is -2.55. The number of methoxy groups -OCH3 is 1. The van der Waals surface area contributed by atoms with Crippen LogP contribution in [0.25, 0.3) is 17.1 Å². The van der Waals surface area contributed by atoms with Crippen LogP contribution in [0.4, 0.5) is 0 Å². The average molecular weight is 499 g/mol. The molecular weight excluding hydrogens is 472 g/mol. The fraction of sp³-hybridized carbons (Fsp3) is 0.400. The number of rotatable bonds is 6. The lowest BCUT2D eigenvalue weighted by atomic mass is 9.90. The molecule has 1 amide bonds. The van der Waals surface area contributed by atoms with Gasteiger partial charge in [-0.05, 0) is 49.2 Å². The van der Waals surface area contributed by atoms with E-state index in [0.29, 0.717) is 40.7 Å². The first-order valence-corrected chi connectivity index (χ1v) is 12.9. The zero-order chi connectivity index (χ0) is 23.5. The normalized spacial score (nSPS) is 20.1. The minimum atomic E-state index is 0.120. The van der Waals surface area contributed by atoms with Gasteiger partial charge in [-0.15, -0.1) is 10.2 Å². The Morgan fingerprint density at radius 3 is 2.76 bits per heavy atom. The number of hydrogen-bond donors (Lipinski definition) is 0. The highest BCUT2D eigenvalue weighted by atomic mass is 35.5. The minimum absolute atomic E-state index is 0.120. The Morgan fingerprint density at radius 2 is 1.94 bits per heavy atom. The summed E-state index contributed by atoms with van der Waals surface area (Å²) in [6.45, 7) is 1.26. The molecule has 0 bridgehead atoms. The van der Waals surface area contributed by atoms with Gasteiger partial charge in [0.15, 0.2) is 11.0 Å². The summed E-state index contributed by atoms with van der Waals surface area (Å²) in [5.74, 6) is 1.76. The fourth-order valence-corrected chi connectivity index (χ4v) is 5.77. The predicted molar refractivity (Wildman–Crippen MR) is 133 cm³/mol. The molecule has 1 aliphatic heterocycles. The third kappa shape index (κ3) is 4.67. The van der Waals surface area contributed by atoms with E-state index in [4.69, 9.17) is 21.1 Å². The number of aromatic nitrogens is 3. The molecule has 0 radical (unpaired) electrons. The van der Waals surface area contributed by atoms with E-state index in [-0.39, 0.29) is 18.1 Å². The van der Waals surface area contributed by atoms with E-state index in [2.05, 4.69) is 10.2 Å². The van der Waals surface area contributed by atoms with Gasteiger partial charge in [0.1, 0.15) is 5.75 Å². The zero-order valence-corrected chi connectivity index (χ0v) is 20.6. The lowest BCUT2D eigenvalue weighted by Gasteiger charge is -2.43. The Kier molecular flexibility index (Phi) is 7.08. The second-order valence-corrected chi connectivity index (χ2v) is 9.83. The second kappa shape index (κ2) is 10.4. The average Bonchev–Trinajstić information content (AvgIpc) is 3.31. The smallest absolute Gasteiger partial charge is 0.233 e. The molecule has 1 saturated carbocycles. The van der Waals surface area contributed by atoms with Crippen LogP contribution in [-0.2, 0) is 9.53 Å². The summed E-state index contributed by atoms with van der Waals surface area (Å²) >= 11 is 7.54. The van der Waals surface area contributed by atoms with Crippen molar-refractivity contribution in [2.45, 2.75) is 43.0 Å². The van der Waals surface area contributed by atoms with E-state index in [9.17, 15) is 4.79 Å². The molecule has 5 rings (SSSR count). The molecule has 2 aromatic carbocycles. The number of morpholine rings is 1. The molecule has 2 unspecified atom stereocenters. The molecule has 0 N–H and O–H groups in total. The number of carbonyl (C=O) groups is 1. The van der Waals surface area contributed by atoms with E-state index in [1.54, 1.807) is 7.11 Å². The molecule has 3 aromatic rings. The molecule has 34 heavy (non-hydrogen) atoms. The molecule has 1 saturated heterocycles. The highest BCUT2D eigenvalue weighted by Gasteiger charge is 2.36. The summed E-state index contributed by atoms with van der Waals surface area (Å²) in [7, 11) is 1.64. The highest BCUT2D eigenvalue weighted by Crippen LogP contribution is 2.34. The molecule has 2 aliphatic rings. The first-order chi connectivity index (χ1) is 16.7. The Balaban J connectivity index is 1.43. The van der Waals surface area contributed by atoms with Crippen LogP contribution in [0.2, 0.25) is 5.02 Å². The molecule has 1 aromatic heterocycles. The van der Waals surface area contributed by atoms with Crippen molar-refractivity contribution in [1.29, 1.82) is 0 Å². The van der Waals surface area contributed by atoms with E-state index in [1.165, 1.54) is 18.2 Å². The number of amides is 1. The van der Waals surface area contributed by atoms with Gasteiger partial charge in [-0.3, -0.25) is 9.36 Å². The molecule has 178 valence electrons. The monoisotopic (exact) mass is 498 g/mol. The van der Waals surface area contributed by atoms with Gasteiger partial charge in [0.2, 0.25) is 5.91 Å². The number of ether oxygens (including phenoxy) is 2. The molecule has 1 aliphatic carbocycles.